The van der Waals surface area contributed by atoms with E-state index in [2.05, 4.69) is 71.3 Å². The van der Waals surface area contributed by atoms with Gasteiger partial charge in [0.15, 0.2) is 5.96 Å². The van der Waals surface area contributed by atoms with Crippen LogP contribution in [0.15, 0.2) is 35.3 Å². The number of guanidine groups is 1. The van der Waals surface area contributed by atoms with E-state index in [0.29, 0.717) is 5.96 Å². The van der Waals surface area contributed by atoms with Crippen LogP contribution in [-0.4, -0.2) is 43.1 Å². The van der Waals surface area contributed by atoms with Crippen LogP contribution < -0.4 is 21.3 Å². The third-order valence-electron chi connectivity index (χ3n) is 4.92. The Kier molecular flexibility index (Phi) is 12.4. The van der Waals surface area contributed by atoms with Crippen molar-refractivity contribution in [2.24, 2.45) is 4.99 Å². The number of carbonyl (C=O) groups excluding carboxylic acids is 1. The average Bonchev–Trinajstić information content (AvgIpc) is 2.66. The van der Waals surface area contributed by atoms with Crippen molar-refractivity contribution in [1.29, 1.82) is 0 Å². The SMILES string of the molecule is CCC(CC)(CNC(=NC)NCC(=O)NC(C)(C)C)NC(C)c1ccccc1.I. The van der Waals surface area contributed by atoms with Crippen LogP contribution in [0.4, 0.5) is 0 Å². The monoisotopic (exact) mass is 517 g/mol. The maximum absolute atomic E-state index is 12.0. The fourth-order valence-corrected chi connectivity index (χ4v) is 3.14. The summed E-state index contributed by atoms with van der Waals surface area (Å²) in [4.78, 5) is 16.3. The van der Waals surface area contributed by atoms with Crippen LogP contribution >= 0.6 is 24.0 Å². The van der Waals surface area contributed by atoms with Crippen LogP contribution in [0.1, 0.15) is 66.0 Å². The molecule has 0 aliphatic rings. The highest BCUT2D eigenvalue weighted by atomic mass is 127. The first-order valence-corrected chi connectivity index (χ1v) is 10.2. The van der Waals surface area contributed by atoms with Crippen molar-refractivity contribution in [3.8, 4) is 0 Å². The quantitative estimate of drug-likeness (QED) is 0.230. The number of nitrogens with one attached hydrogen (secondary N) is 4. The van der Waals surface area contributed by atoms with Gasteiger partial charge in [0.25, 0.3) is 0 Å². The smallest absolute Gasteiger partial charge is 0.239 e. The summed E-state index contributed by atoms with van der Waals surface area (Å²) in [6.07, 6.45) is 1.96. The van der Waals surface area contributed by atoms with Crippen LogP contribution in [0.2, 0.25) is 0 Å². The molecule has 0 bridgehead atoms. The molecule has 6 nitrogen and oxygen atoms in total. The molecular weight excluding hydrogens is 477 g/mol. The summed E-state index contributed by atoms with van der Waals surface area (Å²) in [6.45, 7) is 13.4. The number of halogens is 1. The van der Waals surface area contributed by atoms with Gasteiger partial charge in [-0.05, 0) is 46.1 Å². The van der Waals surface area contributed by atoms with Crippen LogP contribution in [-0.2, 0) is 4.79 Å². The first-order valence-electron chi connectivity index (χ1n) is 10.2. The molecule has 0 aliphatic carbocycles. The molecule has 0 saturated heterocycles. The molecule has 0 radical (unpaired) electrons. The molecule has 1 amide bonds. The first-order chi connectivity index (χ1) is 13.1. The van der Waals surface area contributed by atoms with E-state index in [0.717, 1.165) is 19.4 Å². The first kappa shape index (κ1) is 27.6. The zero-order valence-corrected chi connectivity index (χ0v) is 21.4. The Morgan fingerprint density at radius 2 is 1.66 bits per heavy atom. The standard InChI is InChI=1S/C22H39N5O.HI/c1-8-22(9-2,26-17(3)18-13-11-10-12-14-18)16-25-20(23-7)24-15-19(28)27-21(4,5)6;/h10-14,17,26H,8-9,15-16H2,1-7H3,(H,27,28)(H2,23,24,25);1H. The van der Waals surface area contributed by atoms with Crippen molar-refractivity contribution in [3.05, 3.63) is 35.9 Å². The lowest BCUT2D eigenvalue weighted by Crippen LogP contribution is -2.56. The Morgan fingerprint density at radius 3 is 2.14 bits per heavy atom. The van der Waals surface area contributed by atoms with Gasteiger partial charge >= 0.3 is 0 Å². The topological polar surface area (TPSA) is 77.5 Å². The lowest BCUT2D eigenvalue weighted by atomic mass is 9.90. The third-order valence-corrected chi connectivity index (χ3v) is 4.92. The predicted octanol–water partition coefficient (Wildman–Crippen LogP) is 3.59. The minimum Gasteiger partial charge on any atom is -0.355 e. The maximum Gasteiger partial charge on any atom is 0.239 e. The summed E-state index contributed by atoms with van der Waals surface area (Å²) >= 11 is 0. The van der Waals surface area contributed by atoms with Crippen LogP contribution in [0.3, 0.4) is 0 Å². The molecule has 166 valence electrons. The van der Waals surface area contributed by atoms with Gasteiger partial charge in [-0.15, -0.1) is 24.0 Å². The summed E-state index contributed by atoms with van der Waals surface area (Å²) < 4.78 is 0. The predicted molar refractivity (Wildman–Crippen MR) is 134 cm³/mol. The fraction of sp³-hybridized carbons (Fsp3) is 0.636. The Hall–Kier alpha value is -1.35. The van der Waals surface area contributed by atoms with Gasteiger partial charge in [0.05, 0.1) is 6.54 Å². The number of nitrogens with zero attached hydrogens (tertiary/aromatic N) is 1. The number of hydrogen-bond donors (Lipinski definition) is 4. The molecule has 0 saturated carbocycles. The van der Waals surface area contributed by atoms with E-state index in [1.54, 1.807) is 7.05 Å². The van der Waals surface area contributed by atoms with Gasteiger partial charge in [0.2, 0.25) is 5.91 Å². The molecule has 0 fully saturated rings. The van der Waals surface area contributed by atoms with Gasteiger partial charge < -0.3 is 21.3 Å². The van der Waals surface area contributed by atoms with Crippen LogP contribution in [0.25, 0.3) is 0 Å². The Balaban J connectivity index is 0.00000784. The highest BCUT2D eigenvalue weighted by Gasteiger charge is 2.28. The summed E-state index contributed by atoms with van der Waals surface area (Å²) in [6, 6.07) is 10.7. The lowest BCUT2D eigenvalue weighted by molar-refractivity contribution is -0.121. The molecule has 29 heavy (non-hydrogen) atoms. The van der Waals surface area contributed by atoms with E-state index >= 15 is 0 Å². The average molecular weight is 518 g/mol. The molecular formula is C22H40IN5O. The van der Waals surface area contributed by atoms with Crippen molar-refractivity contribution in [2.75, 3.05) is 20.1 Å². The minimum atomic E-state index is -0.243. The molecule has 0 aliphatic heterocycles. The molecule has 1 atom stereocenters. The van der Waals surface area contributed by atoms with Crippen LogP contribution in [0, 0.1) is 0 Å². The van der Waals surface area contributed by atoms with E-state index in [1.807, 2.05) is 26.8 Å². The molecule has 1 rings (SSSR count). The molecule has 1 aromatic carbocycles. The maximum atomic E-state index is 12.0. The molecule has 1 unspecified atom stereocenters. The number of hydrogen-bond acceptors (Lipinski definition) is 3. The molecule has 0 aromatic heterocycles. The van der Waals surface area contributed by atoms with Crippen molar-refractivity contribution in [2.45, 2.75) is 71.5 Å². The van der Waals surface area contributed by atoms with Crippen molar-refractivity contribution in [1.82, 2.24) is 21.3 Å². The second kappa shape index (κ2) is 13.1. The second-order valence-electron chi connectivity index (χ2n) is 8.34. The summed E-state index contributed by atoms with van der Waals surface area (Å²) in [5, 5.41) is 13.2. The van der Waals surface area contributed by atoms with E-state index in [9.17, 15) is 4.79 Å². The number of benzene rings is 1. The number of carbonyl (C=O) groups is 1. The normalized spacial score (nSPS) is 13.3. The minimum absolute atomic E-state index is 0. The Morgan fingerprint density at radius 1 is 1.07 bits per heavy atom. The van der Waals surface area contributed by atoms with Crippen molar-refractivity contribution in [3.63, 3.8) is 0 Å². The third kappa shape index (κ3) is 10.3. The summed E-state index contributed by atoms with van der Waals surface area (Å²) in [7, 11) is 1.72. The molecule has 0 heterocycles. The fourth-order valence-electron chi connectivity index (χ4n) is 3.14. The van der Waals surface area contributed by atoms with E-state index in [1.165, 1.54) is 5.56 Å². The van der Waals surface area contributed by atoms with Crippen LogP contribution in [0.5, 0.6) is 0 Å². The largest absolute Gasteiger partial charge is 0.355 e. The zero-order valence-electron chi connectivity index (χ0n) is 19.1. The highest BCUT2D eigenvalue weighted by Crippen LogP contribution is 2.21. The van der Waals surface area contributed by atoms with Crippen molar-refractivity contribution >= 4 is 35.8 Å². The second-order valence-corrected chi connectivity index (χ2v) is 8.34. The number of amides is 1. The Bertz CT molecular complexity index is 624. The van der Waals surface area contributed by atoms with E-state index in [-0.39, 0.29) is 53.5 Å². The summed E-state index contributed by atoms with van der Waals surface area (Å²) in [5.74, 6) is 0.577. The number of aliphatic imine (C=N–C) groups is 1. The van der Waals surface area contributed by atoms with Gasteiger partial charge in [0.1, 0.15) is 0 Å². The van der Waals surface area contributed by atoms with Gasteiger partial charge in [-0.2, -0.15) is 0 Å². The molecule has 0 spiro atoms. The van der Waals surface area contributed by atoms with E-state index in [4.69, 9.17) is 0 Å². The summed E-state index contributed by atoms with van der Waals surface area (Å²) in [5.41, 5.74) is 0.961. The Labute approximate surface area is 194 Å². The van der Waals surface area contributed by atoms with E-state index < -0.39 is 0 Å². The zero-order chi connectivity index (χ0) is 21.2. The van der Waals surface area contributed by atoms with Gasteiger partial charge in [0, 0.05) is 30.7 Å². The lowest BCUT2D eigenvalue weighted by Gasteiger charge is -2.37. The van der Waals surface area contributed by atoms with Gasteiger partial charge in [-0.3, -0.25) is 9.79 Å². The van der Waals surface area contributed by atoms with Gasteiger partial charge in [-0.25, -0.2) is 0 Å². The van der Waals surface area contributed by atoms with Crippen molar-refractivity contribution < 1.29 is 4.79 Å². The molecule has 1 aromatic rings. The molecule has 4 N–H and O–H groups in total. The highest BCUT2D eigenvalue weighted by molar-refractivity contribution is 14.0. The molecule has 7 heteroatoms. The number of rotatable bonds is 9. The van der Waals surface area contributed by atoms with Gasteiger partial charge in [-0.1, -0.05) is 44.2 Å².